The maximum Gasteiger partial charge on any atom is 0.150 e. The van der Waals surface area contributed by atoms with E-state index in [1.54, 1.807) is 0 Å². The summed E-state index contributed by atoms with van der Waals surface area (Å²) in [6.07, 6.45) is -0.525. The molecule has 5 heteroatoms. The zero-order chi connectivity index (χ0) is 15.1. The van der Waals surface area contributed by atoms with Gasteiger partial charge in [-0.1, -0.05) is 35.5 Å². The average molecular weight is 290 g/mol. The summed E-state index contributed by atoms with van der Waals surface area (Å²) < 4.78 is 10.7. The molecule has 0 amide bonds. The maximum atomic E-state index is 9.97. The number of aromatic nitrogens is 1. The van der Waals surface area contributed by atoms with E-state index in [4.69, 9.17) is 9.26 Å². The van der Waals surface area contributed by atoms with E-state index in [0.717, 1.165) is 17.0 Å². The number of aryl methyl sites for hydroxylation is 1. The minimum absolute atomic E-state index is 0.314. The number of benzene rings is 1. The Kier molecular flexibility index (Phi) is 5.92. The van der Waals surface area contributed by atoms with Crippen LogP contribution >= 0.6 is 0 Å². The number of aliphatic hydroxyl groups is 1. The molecule has 0 fully saturated rings. The second-order valence-electron chi connectivity index (χ2n) is 5.29. The summed E-state index contributed by atoms with van der Waals surface area (Å²) in [5.74, 6) is 0.799. The van der Waals surface area contributed by atoms with Gasteiger partial charge in [-0.05, 0) is 19.5 Å². The highest BCUT2D eigenvalue weighted by Gasteiger charge is 2.11. The van der Waals surface area contributed by atoms with Crippen molar-refractivity contribution in [1.82, 2.24) is 10.1 Å². The summed E-state index contributed by atoms with van der Waals surface area (Å²) >= 11 is 0. The first kappa shape index (κ1) is 15.7. The first-order valence-corrected chi connectivity index (χ1v) is 7.04. The van der Waals surface area contributed by atoms with E-state index in [2.05, 4.69) is 5.16 Å². The van der Waals surface area contributed by atoms with Crippen LogP contribution in [0.3, 0.4) is 0 Å². The lowest BCUT2D eigenvalue weighted by Gasteiger charge is -2.19. The van der Waals surface area contributed by atoms with Gasteiger partial charge in [0.15, 0.2) is 5.76 Å². The standard InChI is InChI=1S/C16H22N2O3/c1-13-8-16(21-17-13)10-18(2)9-15(19)12-20-11-14-6-4-3-5-7-14/h3-8,15,19H,9-12H2,1-2H3. The van der Waals surface area contributed by atoms with Crippen LogP contribution in [-0.4, -0.2) is 41.5 Å². The van der Waals surface area contributed by atoms with Crippen LogP contribution in [0.4, 0.5) is 0 Å². The lowest BCUT2D eigenvalue weighted by Crippen LogP contribution is -2.31. The van der Waals surface area contributed by atoms with Crippen LogP contribution in [0.15, 0.2) is 40.9 Å². The number of aliphatic hydroxyl groups excluding tert-OH is 1. The topological polar surface area (TPSA) is 58.7 Å². The summed E-state index contributed by atoms with van der Waals surface area (Å²) in [4.78, 5) is 1.98. The van der Waals surface area contributed by atoms with Crippen molar-refractivity contribution in [3.05, 3.63) is 53.4 Å². The Morgan fingerprint density at radius 2 is 2.10 bits per heavy atom. The molecule has 0 saturated heterocycles. The molecule has 2 rings (SSSR count). The van der Waals surface area contributed by atoms with Gasteiger partial charge in [-0.15, -0.1) is 0 Å². The fourth-order valence-electron chi connectivity index (χ4n) is 2.12. The van der Waals surface area contributed by atoms with E-state index in [1.807, 2.05) is 55.3 Å². The lowest BCUT2D eigenvalue weighted by atomic mass is 10.2. The van der Waals surface area contributed by atoms with Crippen LogP contribution < -0.4 is 0 Å². The summed E-state index contributed by atoms with van der Waals surface area (Å²) in [5, 5.41) is 13.8. The lowest BCUT2D eigenvalue weighted by molar-refractivity contribution is 0.0117. The Morgan fingerprint density at radius 3 is 2.76 bits per heavy atom. The first-order valence-electron chi connectivity index (χ1n) is 7.04. The SMILES string of the molecule is Cc1cc(CN(C)CC(O)COCc2ccccc2)on1. The van der Waals surface area contributed by atoms with Gasteiger partial charge < -0.3 is 14.4 Å². The molecule has 0 radical (unpaired) electrons. The number of rotatable bonds is 8. The van der Waals surface area contributed by atoms with Gasteiger partial charge in [0, 0.05) is 12.6 Å². The van der Waals surface area contributed by atoms with Crippen molar-refractivity contribution in [3.8, 4) is 0 Å². The van der Waals surface area contributed by atoms with Gasteiger partial charge >= 0.3 is 0 Å². The largest absolute Gasteiger partial charge is 0.389 e. The van der Waals surface area contributed by atoms with Crippen LogP contribution in [0.2, 0.25) is 0 Å². The van der Waals surface area contributed by atoms with Crippen molar-refractivity contribution in [3.63, 3.8) is 0 Å². The second-order valence-corrected chi connectivity index (χ2v) is 5.29. The quantitative estimate of drug-likeness (QED) is 0.805. The third kappa shape index (κ3) is 5.67. The molecule has 0 aliphatic carbocycles. The summed E-state index contributed by atoms with van der Waals surface area (Å²) in [6.45, 7) is 3.86. The smallest absolute Gasteiger partial charge is 0.150 e. The fourth-order valence-corrected chi connectivity index (χ4v) is 2.12. The van der Waals surface area contributed by atoms with Crippen molar-refractivity contribution in [1.29, 1.82) is 0 Å². The van der Waals surface area contributed by atoms with E-state index in [0.29, 0.717) is 26.3 Å². The predicted octanol–water partition coefficient (Wildman–Crippen LogP) is 1.99. The van der Waals surface area contributed by atoms with Crippen molar-refractivity contribution in [2.75, 3.05) is 20.2 Å². The Balaban J connectivity index is 1.65. The Bertz CT molecular complexity index is 527. The third-order valence-corrected chi connectivity index (χ3v) is 3.05. The van der Waals surface area contributed by atoms with Crippen molar-refractivity contribution in [2.45, 2.75) is 26.2 Å². The highest BCUT2D eigenvalue weighted by molar-refractivity contribution is 5.13. The summed E-state index contributed by atoms with van der Waals surface area (Å²) in [5.41, 5.74) is 1.97. The van der Waals surface area contributed by atoms with Crippen LogP contribution in [-0.2, 0) is 17.9 Å². The number of hydrogen-bond donors (Lipinski definition) is 1. The number of nitrogens with zero attached hydrogens (tertiary/aromatic N) is 2. The van der Waals surface area contributed by atoms with Crippen molar-refractivity contribution >= 4 is 0 Å². The van der Waals surface area contributed by atoms with Gasteiger partial charge in [-0.2, -0.15) is 0 Å². The molecule has 2 aromatic rings. The van der Waals surface area contributed by atoms with E-state index in [1.165, 1.54) is 0 Å². The van der Waals surface area contributed by atoms with Crippen LogP contribution in [0.25, 0.3) is 0 Å². The van der Waals surface area contributed by atoms with Gasteiger partial charge in [0.05, 0.1) is 31.6 Å². The number of hydrogen-bond acceptors (Lipinski definition) is 5. The molecule has 1 atom stereocenters. The molecule has 0 aliphatic heterocycles. The third-order valence-electron chi connectivity index (χ3n) is 3.05. The Labute approximate surface area is 125 Å². The molecule has 1 N–H and O–H groups in total. The summed E-state index contributed by atoms with van der Waals surface area (Å²) in [6, 6.07) is 11.8. The van der Waals surface area contributed by atoms with Crippen LogP contribution in [0, 0.1) is 6.92 Å². The molecular weight excluding hydrogens is 268 g/mol. The molecule has 0 spiro atoms. The van der Waals surface area contributed by atoms with E-state index < -0.39 is 6.10 Å². The maximum absolute atomic E-state index is 9.97. The molecule has 5 nitrogen and oxygen atoms in total. The monoisotopic (exact) mass is 290 g/mol. The van der Waals surface area contributed by atoms with Gasteiger partial charge in [0.1, 0.15) is 0 Å². The average Bonchev–Trinajstić information content (AvgIpc) is 2.85. The Morgan fingerprint density at radius 1 is 1.33 bits per heavy atom. The van der Waals surface area contributed by atoms with E-state index in [9.17, 15) is 5.11 Å². The van der Waals surface area contributed by atoms with Gasteiger partial charge in [-0.25, -0.2) is 0 Å². The molecule has 1 aromatic carbocycles. The molecule has 21 heavy (non-hydrogen) atoms. The molecule has 114 valence electrons. The molecule has 0 bridgehead atoms. The molecule has 1 aromatic heterocycles. The minimum atomic E-state index is -0.525. The zero-order valence-electron chi connectivity index (χ0n) is 12.5. The first-order chi connectivity index (χ1) is 10.1. The zero-order valence-corrected chi connectivity index (χ0v) is 12.5. The fraction of sp³-hybridized carbons (Fsp3) is 0.438. The predicted molar refractivity (Wildman–Crippen MR) is 79.7 cm³/mol. The molecule has 1 unspecified atom stereocenters. The molecule has 0 aliphatic rings. The normalized spacial score (nSPS) is 12.8. The second kappa shape index (κ2) is 7.93. The van der Waals surface area contributed by atoms with Crippen molar-refractivity contribution in [2.24, 2.45) is 0 Å². The van der Waals surface area contributed by atoms with Gasteiger partial charge in [-0.3, -0.25) is 4.90 Å². The molecule has 0 saturated carbocycles. The minimum Gasteiger partial charge on any atom is -0.389 e. The van der Waals surface area contributed by atoms with Crippen molar-refractivity contribution < 1.29 is 14.4 Å². The van der Waals surface area contributed by atoms with E-state index in [-0.39, 0.29) is 0 Å². The highest BCUT2D eigenvalue weighted by Crippen LogP contribution is 2.06. The number of ether oxygens (including phenoxy) is 1. The Hall–Kier alpha value is -1.69. The van der Waals surface area contributed by atoms with Gasteiger partial charge in [0.2, 0.25) is 0 Å². The van der Waals surface area contributed by atoms with Crippen LogP contribution in [0.1, 0.15) is 17.0 Å². The van der Waals surface area contributed by atoms with Gasteiger partial charge in [0.25, 0.3) is 0 Å². The molecule has 1 heterocycles. The van der Waals surface area contributed by atoms with Crippen LogP contribution in [0.5, 0.6) is 0 Å². The highest BCUT2D eigenvalue weighted by atomic mass is 16.5. The molecular formula is C16H22N2O3. The summed E-state index contributed by atoms with van der Waals surface area (Å²) in [7, 11) is 1.93. The number of likely N-dealkylation sites (N-methyl/N-ethyl adjacent to an activating group) is 1. The van der Waals surface area contributed by atoms with E-state index >= 15 is 0 Å².